The van der Waals surface area contributed by atoms with Gasteiger partial charge in [0.05, 0.1) is 21.2 Å². The smallest absolute Gasteiger partial charge is 0.271 e. The number of rotatable bonds is 6. The van der Waals surface area contributed by atoms with Crippen LogP contribution in [0.1, 0.15) is 13.8 Å². The minimum Gasteiger partial charge on any atom is -0.325 e. The predicted octanol–water partition coefficient (Wildman–Crippen LogP) is 4.08. The molecule has 1 aromatic heterocycles. The van der Waals surface area contributed by atoms with Crippen molar-refractivity contribution in [3.05, 3.63) is 58.6 Å². The van der Waals surface area contributed by atoms with E-state index in [9.17, 15) is 14.9 Å². The molecule has 8 heteroatoms. The molecule has 0 bridgehead atoms. The molecule has 0 saturated heterocycles. The lowest BCUT2D eigenvalue weighted by Gasteiger charge is -2.12. The van der Waals surface area contributed by atoms with Crippen LogP contribution in [0.15, 0.2) is 53.7 Å². The van der Waals surface area contributed by atoms with Crippen molar-refractivity contribution in [2.75, 3.05) is 5.32 Å². The fourth-order valence-electron chi connectivity index (χ4n) is 2.60. The van der Waals surface area contributed by atoms with Gasteiger partial charge in [0.1, 0.15) is 0 Å². The molecule has 1 amide bonds. The molecule has 0 aliphatic rings. The van der Waals surface area contributed by atoms with Crippen molar-refractivity contribution in [1.29, 1.82) is 0 Å². The standard InChI is InChI=1S/C18H18N4O3S/c1-3-21-16-10-5-4-9-15(16)20-18(21)26-12(2)17(23)19-13-7-6-8-14(11-13)22(24)25/h4-12H,3H2,1-2H3,(H,19,23). The molecule has 0 fully saturated rings. The number of nitrogens with zero attached hydrogens (tertiary/aromatic N) is 3. The number of aryl methyl sites for hydroxylation is 1. The van der Waals surface area contributed by atoms with Crippen molar-refractivity contribution in [2.45, 2.75) is 30.8 Å². The fraction of sp³-hybridized carbons (Fsp3) is 0.222. The van der Waals surface area contributed by atoms with Crippen LogP contribution in [0.25, 0.3) is 11.0 Å². The zero-order chi connectivity index (χ0) is 18.7. The normalized spacial score (nSPS) is 12.1. The molecule has 1 unspecified atom stereocenters. The predicted molar refractivity (Wildman–Crippen MR) is 102 cm³/mol. The first kappa shape index (κ1) is 17.9. The van der Waals surface area contributed by atoms with Gasteiger partial charge in [-0.15, -0.1) is 0 Å². The van der Waals surface area contributed by atoms with Crippen LogP contribution in [0.3, 0.4) is 0 Å². The number of nitro benzene ring substituents is 1. The molecule has 3 aromatic rings. The van der Waals surface area contributed by atoms with E-state index in [2.05, 4.69) is 14.9 Å². The van der Waals surface area contributed by atoms with E-state index in [4.69, 9.17) is 0 Å². The average molecular weight is 370 g/mol. The van der Waals surface area contributed by atoms with E-state index in [1.54, 1.807) is 19.1 Å². The van der Waals surface area contributed by atoms with Crippen molar-refractivity contribution in [2.24, 2.45) is 0 Å². The number of hydrogen-bond acceptors (Lipinski definition) is 5. The minimum atomic E-state index is -0.489. The first-order valence-corrected chi connectivity index (χ1v) is 9.04. The molecule has 0 spiro atoms. The van der Waals surface area contributed by atoms with E-state index < -0.39 is 10.2 Å². The number of anilines is 1. The SMILES string of the molecule is CCn1c(SC(C)C(=O)Nc2cccc([N+](=O)[O-])c2)nc2ccccc21. The van der Waals surface area contributed by atoms with Crippen LogP contribution < -0.4 is 5.32 Å². The van der Waals surface area contributed by atoms with Crippen LogP contribution in [-0.2, 0) is 11.3 Å². The van der Waals surface area contributed by atoms with Gasteiger partial charge in [-0.25, -0.2) is 4.98 Å². The molecule has 134 valence electrons. The summed E-state index contributed by atoms with van der Waals surface area (Å²) in [6.07, 6.45) is 0. The number of amides is 1. The average Bonchev–Trinajstić information content (AvgIpc) is 2.98. The number of nitro groups is 1. The van der Waals surface area contributed by atoms with Gasteiger partial charge in [0.2, 0.25) is 5.91 Å². The summed E-state index contributed by atoms with van der Waals surface area (Å²) in [6.45, 7) is 4.57. The molecular formula is C18H18N4O3S. The van der Waals surface area contributed by atoms with Crippen molar-refractivity contribution in [3.8, 4) is 0 Å². The highest BCUT2D eigenvalue weighted by Crippen LogP contribution is 2.28. The van der Waals surface area contributed by atoms with Crippen LogP contribution in [0.4, 0.5) is 11.4 Å². The first-order chi connectivity index (χ1) is 12.5. The van der Waals surface area contributed by atoms with Gasteiger partial charge in [-0.1, -0.05) is 30.0 Å². The Morgan fingerprint density at radius 3 is 2.81 bits per heavy atom. The Morgan fingerprint density at radius 2 is 2.08 bits per heavy atom. The highest BCUT2D eigenvalue weighted by molar-refractivity contribution is 8.00. The van der Waals surface area contributed by atoms with Gasteiger partial charge in [-0.05, 0) is 32.0 Å². The van der Waals surface area contributed by atoms with Crippen molar-refractivity contribution < 1.29 is 9.72 Å². The highest BCUT2D eigenvalue weighted by Gasteiger charge is 2.19. The Balaban J connectivity index is 1.75. The van der Waals surface area contributed by atoms with E-state index in [0.29, 0.717) is 5.69 Å². The molecule has 7 nitrogen and oxygen atoms in total. The number of nitrogens with one attached hydrogen (secondary N) is 1. The van der Waals surface area contributed by atoms with Gasteiger partial charge >= 0.3 is 0 Å². The molecule has 0 saturated carbocycles. The summed E-state index contributed by atoms with van der Waals surface area (Å²) in [7, 11) is 0. The second-order valence-electron chi connectivity index (χ2n) is 5.68. The van der Waals surface area contributed by atoms with Gasteiger partial charge < -0.3 is 9.88 Å². The second kappa shape index (κ2) is 7.57. The number of fused-ring (bicyclic) bond motifs is 1. The molecule has 26 heavy (non-hydrogen) atoms. The zero-order valence-electron chi connectivity index (χ0n) is 14.4. The lowest BCUT2D eigenvalue weighted by atomic mass is 10.2. The monoisotopic (exact) mass is 370 g/mol. The number of aromatic nitrogens is 2. The van der Waals surface area contributed by atoms with Crippen LogP contribution >= 0.6 is 11.8 Å². The number of hydrogen-bond donors (Lipinski definition) is 1. The molecule has 0 aliphatic heterocycles. The summed E-state index contributed by atoms with van der Waals surface area (Å²) in [4.78, 5) is 27.4. The summed E-state index contributed by atoms with van der Waals surface area (Å²) >= 11 is 1.36. The fourth-order valence-corrected chi connectivity index (χ4v) is 3.59. The van der Waals surface area contributed by atoms with Crippen LogP contribution in [0.5, 0.6) is 0 Å². The number of carbonyl (C=O) groups excluding carboxylic acids is 1. The van der Waals surface area contributed by atoms with Crippen molar-refractivity contribution in [3.63, 3.8) is 0 Å². The molecule has 0 aliphatic carbocycles. The van der Waals surface area contributed by atoms with Gasteiger partial charge in [0.25, 0.3) is 5.69 Å². The molecule has 0 radical (unpaired) electrons. The Morgan fingerprint density at radius 1 is 1.31 bits per heavy atom. The van der Waals surface area contributed by atoms with Crippen molar-refractivity contribution >= 4 is 40.1 Å². The molecule has 3 rings (SSSR count). The lowest BCUT2D eigenvalue weighted by Crippen LogP contribution is -2.23. The van der Waals surface area contributed by atoms with E-state index in [1.807, 2.05) is 31.2 Å². The highest BCUT2D eigenvalue weighted by atomic mass is 32.2. The Hall–Kier alpha value is -2.87. The Labute approximate surface area is 154 Å². The lowest BCUT2D eigenvalue weighted by molar-refractivity contribution is -0.384. The number of para-hydroxylation sites is 2. The van der Waals surface area contributed by atoms with Gasteiger partial charge in [0, 0.05) is 24.4 Å². The number of non-ortho nitro benzene ring substituents is 1. The quantitative estimate of drug-likeness (QED) is 0.401. The summed E-state index contributed by atoms with van der Waals surface area (Å²) in [5.41, 5.74) is 2.27. The van der Waals surface area contributed by atoms with Crippen molar-refractivity contribution in [1.82, 2.24) is 9.55 Å². The summed E-state index contributed by atoms with van der Waals surface area (Å²) in [5.74, 6) is -0.231. The van der Waals surface area contributed by atoms with E-state index in [1.165, 1.54) is 23.9 Å². The maximum Gasteiger partial charge on any atom is 0.271 e. The zero-order valence-corrected chi connectivity index (χ0v) is 15.2. The van der Waals surface area contributed by atoms with E-state index in [0.717, 1.165) is 22.7 Å². The maximum atomic E-state index is 12.5. The Bertz CT molecular complexity index is 970. The molecule has 1 heterocycles. The van der Waals surface area contributed by atoms with Gasteiger partial charge in [0.15, 0.2) is 5.16 Å². The number of benzene rings is 2. The summed E-state index contributed by atoms with van der Waals surface area (Å²) in [5, 5.41) is 13.9. The molecule has 1 N–H and O–H groups in total. The number of imidazole rings is 1. The molecular weight excluding hydrogens is 352 g/mol. The first-order valence-electron chi connectivity index (χ1n) is 8.17. The summed E-state index contributed by atoms with van der Waals surface area (Å²) in [6, 6.07) is 13.7. The van der Waals surface area contributed by atoms with Gasteiger partial charge in [-0.2, -0.15) is 0 Å². The van der Waals surface area contributed by atoms with Crippen LogP contribution in [-0.4, -0.2) is 25.6 Å². The number of thioether (sulfide) groups is 1. The topological polar surface area (TPSA) is 90.1 Å². The van der Waals surface area contributed by atoms with Crippen LogP contribution in [0, 0.1) is 10.1 Å². The third kappa shape index (κ3) is 3.70. The third-order valence-corrected chi connectivity index (χ3v) is 5.00. The van der Waals surface area contributed by atoms with E-state index >= 15 is 0 Å². The second-order valence-corrected chi connectivity index (χ2v) is 6.99. The van der Waals surface area contributed by atoms with Crippen LogP contribution in [0.2, 0.25) is 0 Å². The maximum absolute atomic E-state index is 12.5. The largest absolute Gasteiger partial charge is 0.325 e. The summed E-state index contributed by atoms with van der Waals surface area (Å²) < 4.78 is 2.07. The minimum absolute atomic E-state index is 0.0594. The molecule has 2 aromatic carbocycles. The Kier molecular flexibility index (Phi) is 5.22. The van der Waals surface area contributed by atoms with Gasteiger partial charge in [-0.3, -0.25) is 14.9 Å². The third-order valence-electron chi connectivity index (χ3n) is 3.91. The molecule has 1 atom stereocenters. The van der Waals surface area contributed by atoms with E-state index in [-0.39, 0.29) is 11.6 Å². The number of carbonyl (C=O) groups is 1.